The number of hydrogen-bond acceptors (Lipinski definition) is 4. The Morgan fingerprint density at radius 2 is 2.25 bits per heavy atom. The molecule has 4 nitrogen and oxygen atoms in total. The summed E-state index contributed by atoms with van der Waals surface area (Å²) in [6, 6.07) is 0. The summed E-state index contributed by atoms with van der Waals surface area (Å²) in [7, 11) is 0. The minimum absolute atomic E-state index is 0.359. The molecule has 0 aliphatic carbocycles. The van der Waals surface area contributed by atoms with Gasteiger partial charge in [0.25, 0.3) is 0 Å². The number of hydrogen-bond donors (Lipinski definition) is 1. The van der Waals surface area contributed by atoms with Crippen LogP contribution in [0.3, 0.4) is 0 Å². The number of ether oxygens (including phenoxy) is 2. The molecule has 12 heavy (non-hydrogen) atoms. The van der Waals surface area contributed by atoms with Crippen molar-refractivity contribution < 1.29 is 14.3 Å². The van der Waals surface area contributed by atoms with E-state index in [4.69, 9.17) is 15.2 Å². The molecule has 0 aromatic rings. The maximum atomic E-state index is 10.9. The van der Waals surface area contributed by atoms with Crippen LogP contribution >= 0.6 is 0 Å². The molecule has 0 heterocycles. The predicted molar refractivity (Wildman–Crippen MR) is 45.4 cm³/mol. The van der Waals surface area contributed by atoms with E-state index < -0.39 is 12.3 Å². The first-order valence-corrected chi connectivity index (χ1v) is 3.76. The van der Waals surface area contributed by atoms with E-state index in [1.807, 2.05) is 0 Å². The summed E-state index contributed by atoms with van der Waals surface area (Å²) in [5, 5.41) is 0. The van der Waals surface area contributed by atoms with Crippen molar-refractivity contribution >= 4 is 5.97 Å². The first-order chi connectivity index (χ1) is 5.57. The molecule has 4 heteroatoms. The summed E-state index contributed by atoms with van der Waals surface area (Å²) in [5.74, 6) is -0.445. The van der Waals surface area contributed by atoms with Crippen molar-refractivity contribution in [2.24, 2.45) is 5.73 Å². The van der Waals surface area contributed by atoms with Gasteiger partial charge in [-0.05, 0) is 13.8 Å². The molecule has 0 fully saturated rings. The zero-order valence-corrected chi connectivity index (χ0v) is 7.50. The maximum Gasteiger partial charge on any atom is 0.335 e. The molecule has 0 aromatic heterocycles. The summed E-state index contributed by atoms with van der Waals surface area (Å²) in [6.07, 6.45) is -0.558. The second-order valence-electron chi connectivity index (χ2n) is 2.41. The molecule has 1 unspecified atom stereocenters. The van der Waals surface area contributed by atoms with Crippen molar-refractivity contribution in [1.82, 2.24) is 0 Å². The fourth-order valence-corrected chi connectivity index (χ4v) is 0.519. The third kappa shape index (κ3) is 4.87. The second-order valence-corrected chi connectivity index (χ2v) is 2.41. The molecule has 2 N–H and O–H groups in total. The number of carbonyl (C=O) groups excluding carboxylic acids is 1. The Balaban J connectivity index is 3.61. The van der Waals surface area contributed by atoms with E-state index in [9.17, 15) is 4.79 Å². The zero-order chi connectivity index (χ0) is 9.56. The summed E-state index contributed by atoms with van der Waals surface area (Å²) in [4.78, 5) is 10.9. The topological polar surface area (TPSA) is 61.5 Å². The van der Waals surface area contributed by atoms with Crippen molar-refractivity contribution in [3.05, 3.63) is 12.2 Å². The van der Waals surface area contributed by atoms with Crippen LogP contribution in [0.2, 0.25) is 0 Å². The number of nitrogens with two attached hydrogens (primary N) is 1. The molecule has 1 atom stereocenters. The second kappa shape index (κ2) is 5.74. The Morgan fingerprint density at radius 3 is 2.67 bits per heavy atom. The van der Waals surface area contributed by atoms with E-state index in [0.717, 1.165) is 0 Å². The highest BCUT2D eigenvalue weighted by Crippen LogP contribution is 1.98. The Labute approximate surface area is 72.3 Å². The fraction of sp³-hybridized carbons (Fsp3) is 0.625. The van der Waals surface area contributed by atoms with Crippen LogP contribution in [0.15, 0.2) is 12.2 Å². The van der Waals surface area contributed by atoms with Gasteiger partial charge in [0.05, 0.1) is 6.61 Å². The van der Waals surface area contributed by atoms with Gasteiger partial charge < -0.3 is 15.2 Å². The highest BCUT2D eigenvalue weighted by molar-refractivity contribution is 5.86. The van der Waals surface area contributed by atoms with Gasteiger partial charge in [0.1, 0.15) is 0 Å². The summed E-state index contributed by atoms with van der Waals surface area (Å²) < 4.78 is 9.80. The van der Waals surface area contributed by atoms with Crippen LogP contribution in [0, 0.1) is 0 Å². The molecular weight excluding hydrogens is 158 g/mol. The van der Waals surface area contributed by atoms with E-state index in [-0.39, 0.29) is 0 Å². The largest absolute Gasteiger partial charge is 0.433 e. The number of carbonyl (C=O) groups is 1. The van der Waals surface area contributed by atoms with Gasteiger partial charge >= 0.3 is 5.97 Å². The van der Waals surface area contributed by atoms with Crippen LogP contribution in [0.4, 0.5) is 0 Å². The Bertz CT molecular complexity index is 168. The summed E-state index contributed by atoms with van der Waals surface area (Å²) in [6.45, 7) is 7.44. The average Bonchev–Trinajstić information content (AvgIpc) is 2.00. The lowest BCUT2D eigenvalue weighted by Crippen LogP contribution is -2.21. The minimum atomic E-state index is -0.558. The van der Waals surface area contributed by atoms with E-state index in [1.165, 1.54) is 0 Å². The Kier molecular flexibility index (Phi) is 5.32. The monoisotopic (exact) mass is 173 g/mol. The SMILES string of the molecule is C=C(C)C(=O)OC(C)OCCN. The van der Waals surface area contributed by atoms with Crippen molar-refractivity contribution in [2.75, 3.05) is 13.2 Å². The van der Waals surface area contributed by atoms with Crippen molar-refractivity contribution in [3.8, 4) is 0 Å². The molecule has 0 aliphatic heterocycles. The van der Waals surface area contributed by atoms with Crippen molar-refractivity contribution in [2.45, 2.75) is 20.1 Å². The Hall–Kier alpha value is -0.870. The van der Waals surface area contributed by atoms with E-state index >= 15 is 0 Å². The van der Waals surface area contributed by atoms with Gasteiger partial charge in [-0.1, -0.05) is 6.58 Å². The van der Waals surface area contributed by atoms with Crippen LogP contribution in [-0.2, 0) is 14.3 Å². The van der Waals surface area contributed by atoms with Crippen LogP contribution in [0.1, 0.15) is 13.8 Å². The van der Waals surface area contributed by atoms with Crippen molar-refractivity contribution in [3.63, 3.8) is 0 Å². The van der Waals surface area contributed by atoms with Gasteiger partial charge in [0.15, 0.2) is 0 Å². The normalized spacial score (nSPS) is 12.2. The fourth-order valence-electron chi connectivity index (χ4n) is 0.519. The first-order valence-electron chi connectivity index (χ1n) is 3.76. The van der Waals surface area contributed by atoms with Gasteiger partial charge in [-0.2, -0.15) is 0 Å². The smallest absolute Gasteiger partial charge is 0.335 e. The van der Waals surface area contributed by atoms with Gasteiger partial charge in [0, 0.05) is 12.1 Å². The molecule has 0 aromatic carbocycles. The highest BCUT2D eigenvalue weighted by atomic mass is 16.7. The molecular formula is C8H15NO3. The van der Waals surface area contributed by atoms with E-state index in [2.05, 4.69) is 6.58 Å². The maximum absolute atomic E-state index is 10.9. The summed E-state index contributed by atoms with van der Waals surface area (Å²) >= 11 is 0. The zero-order valence-electron chi connectivity index (χ0n) is 7.50. The average molecular weight is 173 g/mol. The Morgan fingerprint density at radius 1 is 1.67 bits per heavy atom. The molecule has 70 valence electrons. The summed E-state index contributed by atoms with van der Waals surface area (Å²) in [5.41, 5.74) is 5.54. The lowest BCUT2D eigenvalue weighted by atomic mass is 10.4. The quantitative estimate of drug-likeness (QED) is 0.372. The van der Waals surface area contributed by atoms with Gasteiger partial charge in [0.2, 0.25) is 6.29 Å². The molecule has 0 saturated heterocycles. The standard InChI is InChI=1S/C8H15NO3/c1-6(2)8(10)12-7(3)11-5-4-9/h7H,1,4-5,9H2,2-3H3. The van der Waals surface area contributed by atoms with E-state index in [0.29, 0.717) is 18.7 Å². The van der Waals surface area contributed by atoms with Crippen LogP contribution in [0.5, 0.6) is 0 Å². The molecule has 0 bridgehead atoms. The predicted octanol–water partition coefficient (Wildman–Crippen LogP) is 0.427. The first kappa shape index (κ1) is 11.1. The van der Waals surface area contributed by atoms with E-state index in [1.54, 1.807) is 13.8 Å². The number of esters is 1. The van der Waals surface area contributed by atoms with Gasteiger partial charge in [-0.3, -0.25) is 0 Å². The lowest BCUT2D eigenvalue weighted by Gasteiger charge is -2.12. The molecule has 0 amide bonds. The third-order valence-electron chi connectivity index (χ3n) is 1.09. The van der Waals surface area contributed by atoms with Crippen molar-refractivity contribution in [1.29, 1.82) is 0 Å². The van der Waals surface area contributed by atoms with Crippen LogP contribution < -0.4 is 5.73 Å². The van der Waals surface area contributed by atoms with Gasteiger partial charge in [-0.15, -0.1) is 0 Å². The molecule has 0 spiro atoms. The van der Waals surface area contributed by atoms with Crippen LogP contribution in [-0.4, -0.2) is 25.4 Å². The van der Waals surface area contributed by atoms with Crippen LogP contribution in [0.25, 0.3) is 0 Å². The highest BCUT2D eigenvalue weighted by Gasteiger charge is 2.08. The molecule has 0 saturated carbocycles. The number of rotatable bonds is 5. The molecule has 0 rings (SSSR count). The lowest BCUT2D eigenvalue weighted by molar-refractivity contribution is -0.169. The molecule has 0 radical (unpaired) electrons. The minimum Gasteiger partial charge on any atom is -0.433 e. The third-order valence-corrected chi connectivity index (χ3v) is 1.09. The molecule has 0 aliphatic rings. The van der Waals surface area contributed by atoms with Gasteiger partial charge in [-0.25, -0.2) is 4.79 Å².